The summed E-state index contributed by atoms with van der Waals surface area (Å²) in [5.41, 5.74) is 0.485. The zero-order valence-corrected chi connectivity index (χ0v) is 9.46. The van der Waals surface area contributed by atoms with E-state index in [2.05, 4.69) is 0 Å². The summed E-state index contributed by atoms with van der Waals surface area (Å²) in [6.45, 7) is 2.65. The van der Waals surface area contributed by atoms with Crippen LogP contribution in [-0.2, 0) is 6.18 Å². The Morgan fingerprint density at radius 2 is 2.00 bits per heavy atom. The highest BCUT2D eigenvalue weighted by Crippen LogP contribution is 2.33. The maximum absolute atomic E-state index is 12.6. The highest BCUT2D eigenvalue weighted by Gasteiger charge is 2.32. The molecule has 1 atom stereocenters. The number of benzene rings is 1. The summed E-state index contributed by atoms with van der Waals surface area (Å²) in [6, 6.07) is 3.99. The zero-order chi connectivity index (χ0) is 12.6. The van der Waals surface area contributed by atoms with Gasteiger partial charge in [-0.05, 0) is 37.1 Å². The smallest absolute Gasteiger partial charge is 0.391 e. The van der Waals surface area contributed by atoms with Gasteiger partial charge in [0, 0.05) is 18.8 Å². The van der Waals surface area contributed by atoms with Gasteiger partial charge in [0.1, 0.15) is 0 Å². The van der Waals surface area contributed by atoms with Gasteiger partial charge in [-0.1, -0.05) is 0 Å². The molecule has 1 N–H and O–H groups in total. The van der Waals surface area contributed by atoms with Crippen LogP contribution < -0.4 is 4.90 Å². The monoisotopic (exact) mass is 245 g/mol. The van der Waals surface area contributed by atoms with Gasteiger partial charge >= 0.3 is 6.18 Å². The van der Waals surface area contributed by atoms with Gasteiger partial charge in [0.2, 0.25) is 0 Å². The molecular weight excluding hydrogens is 231 g/mol. The molecule has 1 saturated heterocycles. The van der Waals surface area contributed by atoms with Crippen molar-refractivity contribution in [3.05, 3.63) is 29.3 Å². The number of aliphatic hydroxyl groups excluding tert-OH is 1. The van der Waals surface area contributed by atoms with Crippen molar-refractivity contribution in [1.82, 2.24) is 0 Å². The first-order valence-corrected chi connectivity index (χ1v) is 5.48. The van der Waals surface area contributed by atoms with Crippen molar-refractivity contribution in [3.63, 3.8) is 0 Å². The topological polar surface area (TPSA) is 23.5 Å². The lowest BCUT2D eigenvalue weighted by Gasteiger charge is -2.20. The first-order chi connectivity index (χ1) is 7.86. The Labute approximate surface area is 97.7 Å². The molecule has 0 amide bonds. The molecule has 1 aliphatic heterocycles. The quantitative estimate of drug-likeness (QED) is 0.822. The van der Waals surface area contributed by atoms with Crippen molar-refractivity contribution in [2.24, 2.45) is 0 Å². The summed E-state index contributed by atoms with van der Waals surface area (Å²) in [5.74, 6) is 0. The van der Waals surface area contributed by atoms with Crippen molar-refractivity contribution < 1.29 is 18.3 Å². The Balaban J connectivity index is 2.32. The Hall–Kier alpha value is -1.23. The molecule has 0 bridgehead atoms. The van der Waals surface area contributed by atoms with Crippen LogP contribution in [0.4, 0.5) is 18.9 Å². The molecule has 0 aliphatic carbocycles. The molecule has 2 rings (SSSR count). The van der Waals surface area contributed by atoms with Crippen LogP contribution in [0.25, 0.3) is 0 Å². The zero-order valence-electron chi connectivity index (χ0n) is 9.46. The van der Waals surface area contributed by atoms with Gasteiger partial charge in [-0.3, -0.25) is 0 Å². The summed E-state index contributed by atoms with van der Waals surface area (Å²) in [7, 11) is 0. The van der Waals surface area contributed by atoms with Gasteiger partial charge in [-0.15, -0.1) is 0 Å². The Kier molecular flexibility index (Phi) is 3.03. The molecule has 0 unspecified atom stereocenters. The average Bonchev–Trinajstić information content (AvgIpc) is 2.62. The molecule has 1 heterocycles. The molecule has 0 aromatic heterocycles. The van der Waals surface area contributed by atoms with Crippen LogP contribution in [0.3, 0.4) is 0 Å². The number of anilines is 1. The van der Waals surface area contributed by atoms with Crippen molar-refractivity contribution in [2.75, 3.05) is 18.0 Å². The molecule has 5 heteroatoms. The van der Waals surface area contributed by atoms with E-state index in [0.717, 1.165) is 12.1 Å². The predicted molar refractivity (Wildman–Crippen MR) is 59.0 cm³/mol. The minimum Gasteiger partial charge on any atom is -0.391 e. The van der Waals surface area contributed by atoms with Crippen LogP contribution in [0.1, 0.15) is 17.5 Å². The highest BCUT2D eigenvalue weighted by atomic mass is 19.4. The third-order valence-electron chi connectivity index (χ3n) is 2.92. The van der Waals surface area contributed by atoms with Gasteiger partial charge in [0.05, 0.1) is 11.7 Å². The second kappa shape index (κ2) is 4.22. The number of halogens is 3. The highest BCUT2D eigenvalue weighted by molar-refractivity contribution is 5.52. The second-order valence-electron chi connectivity index (χ2n) is 4.44. The Morgan fingerprint density at radius 1 is 1.29 bits per heavy atom. The van der Waals surface area contributed by atoms with Gasteiger partial charge in [0.25, 0.3) is 0 Å². The lowest BCUT2D eigenvalue weighted by Crippen LogP contribution is -2.21. The average molecular weight is 245 g/mol. The number of rotatable bonds is 1. The SMILES string of the molecule is Cc1cc(N2CC[C@H](O)C2)cc(C(F)(F)F)c1. The predicted octanol–water partition coefficient (Wildman–Crippen LogP) is 2.58. The van der Waals surface area contributed by atoms with Crippen molar-refractivity contribution in [1.29, 1.82) is 0 Å². The standard InChI is InChI=1S/C12H14F3NO/c1-8-4-9(12(13,14)15)6-10(5-8)16-3-2-11(17)7-16/h4-6,11,17H,2-3,7H2,1H3/t11-/m0/s1. The molecule has 0 radical (unpaired) electrons. The number of hydrogen-bond acceptors (Lipinski definition) is 2. The van der Waals surface area contributed by atoms with Crippen LogP contribution >= 0.6 is 0 Å². The van der Waals surface area contributed by atoms with Crippen molar-refractivity contribution >= 4 is 5.69 Å². The Morgan fingerprint density at radius 3 is 2.53 bits per heavy atom. The van der Waals surface area contributed by atoms with Crippen LogP contribution in [0.2, 0.25) is 0 Å². The van der Waals surface area contributed by atoms with Crippen molar-refractivity contribution in [2.45, 2.75) is 25.6 Å². The van der Waals surface area contributed by atoms with E-state index in [1.165, 1.54) is 0 Å². The van der Waals surface area contributed by atoms with Crippen LogP contribution in [0, 0.1) is 6.92 Å². The molecule has 2 nitrogen and oxygen atoms in total. The van der Waals surface area contributed by atoms with Gasteiger partial charge in [0.15, 0.2) is 0 Å². The largest absolute Gasteiger partial charge is 0.416 e. The van der Waals surface area contributed by atoms with E-state index in [9.17, 15) is 18.3 Å². The molecule has 1 aliphatic rings. The molecule has 0 saturated carbocycles. The molecular formula is C12H14F3NO. The van der Waals surface area contributed by atoms with Crippen molar-refractivity contribution in [3.8, 4) is 0 Å². The fraction of sp³-hybridized carbons (Fsp3) is 0.500. The van der Waals surface area contributed by atoms with E-state index in [-0.39, 0.29) is 0 Å². The molecule has 1 aromatic carbocycles. The van der Waals surface area contributed by atoms with Crippen LogP contribution in [0.15, 0.2) is 18.2 Å². The van der Waals surface area contributed by atoms with E-state index in [1.807, 2.05) is 0 Å². The summed E-state index contributed by atoms with van der Waals surface area (Å²) < 4.78 is 37.9. The first-order valence-electron chi connectivity index (χ1n) is 5.48. The maximum atomic E-state index is 12.6. The van der Waals surface area contributed by atoms with E-state index >= 15 is 0 Å². The molecule has 1 aromatic rings. The van der Waals surface area contributed by atoms with Crippen LogP contribution in [0.5, 0.6) is 0 Å². The number of aryl methyl sites for hydroxylation is 1. The van der Waals surface area contributed by atoms with E-state index in [4.69, 9.17) is 0 Å². The third kappa shape index (κ3) is 2.72. The summed E-state index contributed by atoms with van der Waals surface area (Å²) in [5, 5.41) is 9.40. The van der Waals surface area contributed by atoms with E-state index in [0.29, 0.717) is 30.8 Å². The lowest BCUT2D eigenvalue weighted by molar-refractivity contribution is -0.137. The normalized spacial score (nSPS) is 21.0. The third-order valence-corrected chi connectivity index (χ3v) is 2.92. The number of hydrogen-bond donors (Lipinski definition) is 1. The summed E-state index contributed by atoms with van der Waals surface area (Å²) >= 11 is 0. The molecule has 1 fully saturated rings. The number of alkyl halides is 3. The minimum absolute atomic E-state index is 0.404. The first kappa shape index (κ1) is 12.2. The summed E-state index contributed by atoms with van der Waals surface area (Å²) in [4.78, 5) is 1.78. The summed E-state index contributed by atoms with van der Waals surface area (Å²) in [6.07, 6.45) is -4.15. The maximum Gasteiger partial charge on any atom is 0.416 e. The number of β-amino-alcohol motifs (C(OH)–C–C–N with tert-alkyl or cyclic N) is 1. The number of nitrogens with zero attached hydrogens (tertiary/aromatic N) is 1. The van der Waals surface area contributed by atoms with E-state index < -0.39 is 17.8 Å². The fourth-order valence-electron chi connectivity index (χ4n) is 2.09. The molecule has 17 heavy (non-hydrogen) atoms. The Bertz CT molecular complexity index is 417. The van der Waals surface area contributed by atoms with Gasteiger partial charge < -0.3 is 10.0 Å². The fourth-order valence-corrected chi connectivity index (χ4v) is 2.09. The van der Waals surface area contributed by atoms with Crippen LogP contribution in [-0.4, -0.2) is 24.3 Å². The van der Waals surface area contributed by atoms with Gasteiger partial charge in [-0.25, -0.2) is 0 Å². The van der Waals surface area contributed by atoms with E-state index in [1.54, 1.807) is 17.9 Å². The lowest BCUT2D eigenvalue weighted by atomic mass is 10.1. The second-order valence-corrected chi connectivity index (χ2v) is 4.44. The minimum atomic E-state index is -4.32. The number of aliphatic hydroxyl groups is 1. The molecule has 0 spiro atoms. The molecule has 94 valence electrons. The van der Waals surface area contributed by atoms with Gasteiger partial charge in [-0.2, -0.15) is 13.2 Å².